The Morgan fingerprint density at radius 2 is 2.25 bits per heavy atom. The summed E-state index contributed by atoms with van der Waals surface area (Å²) in [7, 11) is -3.51. The molecule has 0 radical (unpaired) electrons. The second-order valence-electron chi connectivity index (χ2n) is 4.91. The molecule has 1 aromatic carbocycles. The van der Waals surface area contributed by atoms with Crippen LogP contribution < -0.4 is 5.73 Å². The van der Waals surface area contributed by atoms with Crippen LogP contribution in [-0.2, 0) is 10.0 Å². The summed E-state index contributed by atoms with van der Waals surface area (Å²) in [5.41, 5.74) is 5.96. The van der Waals surface area contributed by atoms with Crippen LogP contribution in [0.15, 0.2) is 23.1 Å². The van der Waals surface area contributed by atoms with Crippen molar-refractivity contribution in [3.63, 3.8) is 0 Å². The maximum absolute atomic E-state index is 12.5. The fourth-order valence-electron chi connectivity index (χ4n) is 2.19. The van der Waals surface area contributed by atoms with Gasteiger partial charge in [0.05, 0.1) is 11.6 Å². The summed E-state index contributed by atoms with van der Waals surface area (Å²) in [5, 5.41) is 0.202. The molecule has 1 aliphatic heterocycles. The number of sulfonamides is 1. The number of benzene rings is 1. The van der Waals surface area contributed by atoms with E-state index in [-0.39, 0.29) is 16.5 Å². The van der Waals surface area contributed by atoms with Crippen LogP contribution in [0.4, 0.5) is 0 Å². The van der Waals surface area contributed by atoms with Gasteiger partial charge in [-0.3, -0.25) is 0 Å². The lowest BCUT2D eigenvalue weighted by atomic mass is 10.2. The highest BCUT2D eigenvalue weighted by atomic mass is 35.5. The van der Waals surface area contributed by atoms with Gasteiger partial charge in [0.15, 0.2) is 0 Å². The molecule has 1 fully saturated rings. The summed E-state index contributed by atoms with van der Waals surface area (Å²) in [6.45, 7) is 3.40. The molecule has 108 valence electrons. The minimum absolute atomic E-state index is 0.145. The average Bonchev–Trinajstić information content (AvgIpc) is 2.83. The van der Waals surface area contributed by atoms with Gasteiger partial charge in [0, 0.05) is 18.7 Å². The topological polar surface area (TPSA) is 63.4 Å². The largest absolute Gasteiger partial charge is 0.320 e. The van der Waals surface area contributed by atoms with Crippen molar-refractivity contribution in [1.82, 2.24) is 4.31 Å². The maximum Gasteiger partial charge on any atom is 0.244 e. The van der Waals surface area contributed by atoms with Crippen LogP contribution in [0.5, 0.6) is 0 Å². The van der Waals surface area contributed by atoms with Gasteiger partial charge in [-0.15, -0.1) is 0 Å². The highest BCUT2D eigenvalue weighted by molar-refractivity contribution is 7.89. The zero-order chi connectivity index (χ0) is 14.8. The van der Waals surface area contributed by atoms with Crippen LogP contribution in [0.3, 0.4) is 0 Å². The highest BCUT2D eigenvalue weighted by Crippen LogP contribution is 2.29. The second kappa shape index (κ2) is 6.15. The van der Waals surface area contributed by atoms with Crippen molar-refractivity contribution in [3.8, 4) is 11.8 Å². The van der Waals surface area contributed by atoms with Crippen LogP contribution in [0.1, 0.15) is 18.9 Å². The molecular formula is C14H17ClN2O2S. The number of hydrogen-bond donors (Lipinski definition) is 1. The van der Waals surface area contributed by atoms with Gasteiger partial charge in [0.1, 0.15) is 4.90 Å². The Morgan fingerprint density at radius 3 is 2.80 bits per heavy atom. The molecule has 0 saturated carbocycles. The van der Waals surface area contributed by atoms with E-state index in [1.165, 1.54) is 10.4 Å². The molecule has 4 nitrogen and oxygen atoms in total. The smallest absolute Gasteiger partial charge is 0.244 e. The van der Waals surface area contributed by atoms with Crippen molar-refractivity contribution in [2.75, 3.05) is 19.6 Å². The monoisotopic (exact) mass is 312 g/mol. The first-order valence-electron chi connectivity index (χ1n) is 6.44. The normalized spacial score (nSPS) is 19.6. The van der Waals surface area contributed by atoms with Gasteiger partial charge < -0.3 is 5.73 Å². The first kappa shape index (κ1) is 15.3. The minimum Gasteiger partial charge on any atom is -0.320 e. The average molecular weight is 313 g/mol. The van der Waals surface area contributed by atoms with Crippen molar-refractivity contribution in [2.24, 2.45) is 11.7 Å². The van der Waals surface area contributed by atoms with Gasteiger partial charge in [0.2, 0.25) is 10.0 Å². The first-order chi connectivity index (χ1) is 9.45. The van der Waals surface area contributed by atoms with Crippen molar-refractivity contribution < 1.29 is 8.42 Å². The van der Waals surface area contributed by atoms with E-state index >= 15 is 0 Å². The van der Waals surface area contributed by atoms with Crippen LogP contribution in [0.2, 0.25) is 5.02 Å². The van der Waals surface area contributed by atoms with E-state index in [0.29, 0.717) is 24.6 Å². The van der Waals surface area contributed by atoms with Crippen molar-refractivity contribution in [1.29, 1.82) is 0 Å². The van der Waals surface area contributed by atoms with E-state index < -0.39 is 10.0 Å². The third-order valence-electron chi connectivity index (χ3n) is 3.27. The molecule has 0 aromatic heterocycles. The van der Waals surface area contributed by atoms with Crippen molar-refractivity contribution in [3.05, 3.63) is 28.8 Å². The predicted molar refractivity (Wildman–Crippen MR) is 79.9 cm³/mol. The molecule has 2 rings (SSSR count). The van der Waals surface area contributed by atoms with E-state index in [0.717, 1.165) is 6.42 Å². The van der Waals surface area contributed by atoms with Gasteiger partial charge in [-0.2, -0.15) is 4.31 Å². The number of nitrogens with two attached hydrogens (primary N) is 1. The van der Waals surface area contributed by atoms with Gasteiger partial charge in [-0.25, -0.2) is 8.42 Å². The Balaban J connectivity index is 2.33. The van der Waals surface area contributed by atoms with Gasteiger partial charge in [0.25, 0.3) is 0 Å². The molecule has 0 aliphatic carbocycles. The Kier molecular flexibility index (Phi) is 4.71. The quantitative estimate of drug-likeness (QED) is 0.845. The van der Waals surface area contributed by atoms with E-state index in [2.05, 4.69) is 11.8 Å². The summed E-state index contributed by atoms with van der Waals surface area (Å²) in [6.07, 6.45) is 0.886. The van der Waals surface area contributed by atoms with Crippen LogP contribution in [-0.4, -0.2) is 32.4 Å². The van der Waals surface area contributed by atoms with Crippen molar-refractivity contribution >= 4 is 21.6 Å². The number of hydrogen-bond acceptors (Lipinski definition) is 3. The van der Waals surface area contributed by atoms with E-state index in [9.17, 15) is 8.42 Å². The molecule has 1 saturated heterocycles. The zero-order valence-corrected chi connectivity index (χ0v) is 12.8. The molecule has 0 amide bonds. The molecule has 1 unspecified atom stereocenters. The molecule has 0 spiro atoms. The van der Waals surface area contributed by atoms with Crippen LogP contribution in [0, 0.1) is 17.8 Å². The molecule has 1 atom stereocenters. The first-order valence-corrected chi connectivity index (χ1v) is 8.25. The molecule has 2 N–H and O–H groups in total. The summed E-state index contributed by atoms with van der Waals surface area (Å²) in [5.74, 6) is 5.93. The van der Waals surface area contributed by atoms with Gasteiger partial charge in [-0.1, -0.05) is 30.4 Å². The Bertz CT molecular complexity index is 661. The number of nitrogens with zero attached hydrogens (tertiary/aromatic N) is 1. The standard InChI is InChI=1S/C14H17ClN2O2S/c1-11-6-8-17(10-11)20(18,19)14-5-4-12(3-2-7-16)9-13(14)15/h4-5,9,11H,6-8,10,16H2,1H3. The third-order valence-corrected chi connectivity index (χ3v) is 5.62. The summed E-state index contributed by atoms with van der Waals surface area (Å²) >= 11 is 6.10. The van der Waals surface area contributed by atoms with E-state index in [1.807, 2.05) is 6.92 Å². The fourth-order valence-corrected chi connectivity index (χ4v) is 4.29. The molecule has 0 bridgehead atoms. The second-order valence-corrected chi connectivity index (χ2v) is 7.22. The summed E-state index contributed by atoms with van der Waals surface area (Å²) in [4.78, 5) is 0.145. The van der Waals surface area contributed by atoms with Crippen LogP contribution >= 0.6 is 11.6 Å². The van der Waals surface area contributed by atoms with Crippen molar-refractivity contribution in [2.45, 2.75) is 18.2 Å². The highest BCUT2D eigenvalue weighted by Gasteiger charge is 2.31. The lowest BCUT2D eigenvalue weighted by molar-refractivity contribution is 0.464. The van der Waals surface area contributed by atoms with Gasteiger partial charge >= 0.3 is 0 Å². The third kappa shape index (κ3) is 3.15. The van der Waals surface area contributed by atoms with Gasteiger partial charge in [-0.05, 0) is 30.5 Å². The summed E-state index contributed by atoms with van der Waals surface area (Å²) < 4.78 is 26.5. The molecule has 1 aromatic rings. The number of halogens is 1. The lowest BCUT2D eigenvalue weighted by Crippen LogP contribution is -2.28. The Labute approximate surface area is 125 Å². The SMILES string of the molecule is CC1CCN(S(=O)(=O)c2ccc(C#CCN)cc2Cl)C1. The van der Waals surface area contributed by atoms with E-state index in [4.69, 9.17) is 17.3 Å². The van der Waals surface area contributed by atoms with E-state index in [1.54, 1.807) is 12.1 Å². The minimum atomic E-state index is -3.51. The molecular weight excluding hydrogens is 296 g/mol. The molecule has 6 heteroatoms. The maximum atomic E-state index is 12.5. The van der Waals surface area contributed by atoms with Crippen LogP contribution in [0.25, 0.3) is 0 Å². The predicted octanol–water partition coefficient (Wildman–Crippen LogP) is 1.68. The molecule has 20 heavy (non-hydrogen) atoms. The fraction of sp³-hybridized carbons (Fsp3) is 0.429. The Morgan fingerprint density at radius 1 is 1.50 bits per heavy atom. The lowest BCUT2D eigenvalue weighted by Gasteiger charge is -2.17. The zero-order valence-electron chi connectivity index (χ0n) is 11.3. The molecule has 1 aliphatic rings. The number of rotatable bonds is 2. The Hall–Kier alpha value is -1.06. The molecule has 1 heterocycles. The summed E-state index contributed by atoms with van der Waals surface area (Å²) in [6, 6.07) is 4.73.